The lowest BCUT2D eigenvalue weighted by atomic mass is 9.82. The highest BCUT2D eigenvalue weighted by Crippen LogP contribution is 2.30. The lowest BCUT2D eigenvalue weighted by Gasteiger charge is -2.28. The Labute approximate surface area is 87.1 Å². The highest BCUT2D eigenvalue weighted by molar-refractivity contribution is 4.79. The summed E-state index contributed by atoms with van der Waals surface area (Å²) in [5.74, 6) is 1.36. The van der Waals surface area contributed by atoms with Gasteiger partial charge in [-0.15, -0.1) is 0 Å². The van der Waals surface area contributed by atoms with E-state index in [0.717, 1.165) is 25.4 Å². The molecule has 2 unspecified atom stereocenters. The van der Waals surface area contributed by atoms with Crippen LogP contribution in [0.3, 0.4) is 0 Å². The summed E-state index contributed by atoms with van der Waals surface area (Å²) in [7, 11) is 0. The predicted octanol–water partition coefficient (Wildman–Crippen LogP) is 1.93. The number of hydrogen-bond donors (Lipinski definition) is 2. The molecule has 0 spiro atoms. The first kappa shape index (κ1) is 10.4. The quantitative estimate of drug-likeness (QED) is 0.724. The van der Waals surface area contributed by atoms with Gasteiger partial charge in [0.05, 0.1) is 6.10 Å². The number of rotatable bonds is 3. The highest BCUT2D eigenvalue weighted by Gasteiger charge is 2.25. The van der Waals surface area contributed by atoms with E-state index in [4.69, 9.17) is 0 Å². The van der Waals surface area contributed by atoms with Crippen molar-refractivity contribution in [3.05, 3.63) is 0 Å². The summed E-state index contributed by atoms with van der Waals surface area (Å²) in [6, 6.07) is 0. The summed E-state index contributed by atoms with van der Waals surface area (Å²) < 4.78 is 0. The minimum Gasteiger partial charge on any atom is -0.393 e. The Bertz CT molecular complexity index is 160. The van der Waals surface area contributed by atoms with Crippen molar-refractivity contribution in [2.45, 2.75) is 51.0 Å². The van der Waals surface area contributed by atoms with E-state index in [1.165, 1.54) is 38.5 Å². The van der Waals surface area contributed by atoms with Crippen molar-refractivity contribution in [3.8, 4) is 0 Å². The van der Waals surface area contributed by atoms with Crippen molar-refractivity contribution in [3.63, 3.8) is 0 Å². The molecule has 14 heavy (non-hydrogen) atoms. The fourth-order valence-electron chi connectivity index (χ4n) is 2.97. The molecule has 0 aromatic heterocycles. The van der Waals surface area contributed by atoms with Crippen LogP contribution < -0.4 is 5.32 Å². The largest absolute Gasteiger partial charge is 0.393 e. The van der Waals surface area contributed by atoms with Crippen LogP contribution in [0.2, 0.25) is 0 Å². The van der Waals surface area contributed by atoms with E-state index in [9.17, 15) is 5.11 Å². The molecule has 2 N–H and O–H groups in total. The predicted molar refractivity (Wildman–Crippen MR) is 58.2 cm³/mol. The molecule has 1 aliphatic carbocycles. The topological polar surface area (TPSA) is 32.3 Å². The Balaban J connectivity index is 1.72. The molecule has 0 amide bonds. The second-order valence-corrected chi connectivity index (χ2v) is 5.06. The van der Waals surface area contributed by atoms with Crippen molar-refractivity contribution in [1.29, 1.82) is 0 Å². The van der Waals surface area contributed by atoms with Crippen LogP contribution in [0, 0.1) is 11.8 Å². The minimum atomic E-state index is -0.0137. The van der Waals surface area contributed by atoms with Crippen LogP contribution in [-0.2, 0) is 0 Å². The van der Waals surface area contributed by atoms with E-state index >= 15 is 0 Å². The zero-order valence-electron chi connectivity index (χ0n) is 9.04. The standard InChI is InChI=1S/C12H23NO/c14-12(8-10-6-7-13-9-10)11-4-2-1-3-5-11/h10-14H,1-9H2. The van der Waals surface area contributed by atoms with Crippen LogP contribution in [-0.4, -0.2) is 24.3 Å². The molecule has 2 nitrogen and oxygen atoms in total. The zero-order valence-corrected chi connectivity index (χ0v) is 9.04. The molecule has 0 aromatic rings. The lowest BCUT2D eigenvalue weighted by Crippen LogP contribution is -2.26. The van der Waals surface area contributed by atoms with Crippen LogP contribution >= 0.6 is 0 Å². The monoisotopic (exact) mass is 197 g/mol. The maximum atomic E-state index is 10.1. The number of hydrogen-bond acceptors (Lipinski definition) is 2. The molecular weight excluding hydrogens is 174 g/mol. The second kappa shape index (κ2) is 5.13. The third-order valence-electron chi connectivity index (χ3n) is 3.93. The van der Waals surface area contributed by atoms with Crippen molar-refractivity contribution in [2.24, 2.45) is 11.8 Å². The SMILES string of the molecule is OC(CC1CCNC1)C1CCCCC1. The van der Waals surface area contributed by atoms with Gasteiger partial charge in [-0.1, -0.05) is 19.3 Å². The van der Waals surface area contributed by atoms with Gasteiger partial charge in [-0.2, -0.15) is 0 Å². The Morgan fingerprint density at radius 1 is 1.14 bits per heavy atom. The molecular formula is C12H23NO. The minimum absolute atomic E-state index is 0.0137. The lowest BCUT2D eigenvalue weighted by molar-refractivity contribution is 0.0645. The average Bonchev–Trinajstić information content (AvgIpc) is 2.72. The van der Waals surface area contributed by atoms with Crippen molar-refractivity contribution in [2.75, 3.05) is 13.1 Å². The smallest absolute Gasteiger partial charge is 0.0571 e. The van der Waals surface area contributed by atoms with E-state index in [-0.39, 0.29) is 6.10 Å². The Morgan fingerprint density at radius 2 is 1.93 bits per heavy atom. The first-order valence-electron chi connectivity index (χ1n) is 6.25. The van der Waals surface area contributed by atoms with E-state index in [2.05, 4.69) is 5.32 Å². The van der Waals surface area contributed by atoms with Crippen molar-refractivity contribution < 1.29 is 5.11 Å². The van der Waals surface area contributed by atoms with Gasteiger partial charge in [0.2, 0.25) is 0 Å². The first-order chi connectivity index (χ1) is 6.86. The van der Waals surface area contributed by atoms with Gasteiger partial charge < -0.3 is 10.4 Å². The van der Waals surface area contributed by atoms with Gasteiger partial charge in [0.1, 0.15) is 0 Å². The highest BCUT2D eigenvalue weighted by atomic mass is 16.3. The zero-order chi connectivity index (χ0) is 9.80. The van der Waals surface area contributed by atoms with E-state index < -0.39 is 0 Å². The summed E-state index contributed by atoms with van der Waals surface area (Å²) in [4.78, 5) is 0. The molecule has 2 fully saturated rings. The second-order valence-electron chi connectivity index (χ2n) is 5.06. The van der Waals surface area contributed by atoms with E-state index in [1.807, 2.05) is 0 Å². The molecule has 1 saturated heterocycles. The van der Waals surface area contributed by atoms with Crippen molar-refractivity contribution in [1.82, 2.24) is 5.32 Å². The van der Waals surface area contributed by atoms with Gasteiger partial charge in [0.25, 0.3) is 0 Å². The van der Waals surface area contributed by atoms with Gasteiger partial charge in [-0.05, 0) is 50.6 Å². The summed E-state index contributed by atoms with van der Waals surface area (Å²) in [6.07, 6.45) is 8.88. The fraction of sp³-hybridized carbons (Fsp3) is 1.00. The van der Waals surface area contributed by atoms with Gasteiger partial charge in [-0.3, -0.25) is 0 Å². The van der Waals surface area contributed by atoms with Crippen LogP contribution in [0.4, 0.5) is 0 Å². The molecule has 1 aliphatic heterocycles. The van der Waals surface area contributed by atoms with Crippen LogP contribution in [0.5, 0.6) is 0 Å². The Kier molecular flexibility index (Phi) is 3.82. The van der Waals surface area contributed by atoms with Crippen LogP contribution in [0.1, 0.15) is 44.9 Å². The van der Waals surface area contributed by atoms with E-state index in [0.29, 0.717) is 5.92 Å². The third kappa shape index (κ3) is 2.71. The first-order valence-corrected chi connectivity index (χ1v) is 6.25. The van der Waals surface area contributed by atoms with Crippen LogP contribution in [0.15, 0.2) is 0 Å². The molecule has 0 aromatic carbocycles. The number of nitrogens with one attached hydrogen (secondary N) is 1. The molecule has 2 atom stereocenters. The number of aliphatic hydroxyl groups is 1. The molecule has 2 aliphatic rings. The molecule has 1 heterocycles. The van der Waals surface area contributed by atoms with Crippen molar-refractivity contribution >= 4 is 0 Å². The Hall–Kier alpha value is -0.0800. The fourth-order valence-corrected chi connectivity index (χ4v) is 2.97. The molecule has 0 radical (unpaired) electrons. The molecule has 2 heteroatoms. The summed E-state index contributed by atoms with van der Waals surface area (Å²) in [6.45, 7) is 2.28. The summed E-state index contributed by atoms with van der Waals surface area (Å²) in [5, 5.41) is 13.5. The van der Waals surface area contributed by atoms with E-state index in [1.54, 1.807) is 0 Å². The maximum Gasteiger partial charge on any atom is 0.0571 e. The molecule has 0 bridgehead atoms. The third-order valence-corrected chi connectivity index (χ3v) is 3.93. The van der Waals surface area contributed by atoms with Gasteiger partial charge >= 0.3 is 0 Å². The van der Waals surface area contributed by atoms with Gasteiger partial charge in [-0.25, -0.2) is 0 Å². The van der Waals surface area contributed by atoms with Gasteiger partial charge in [0.15, 0.2) is 0 Å². The van der Waals surface area contributed by atoms with Gasteiger partial charge in [0, 0.05) is 0 Å². The molecule has 2 rings (SSSR count). The van der Waals surface area contributed by atoms with Crippen LogP contribution in [0.25, 0.3) is 0 Å². The molecule has 82 valence electrons. The summed E-state index contributed by atoms with van der Waals surface area (Å²) in [5.41, 5.74) is 0. The maximum absolute atomic E-state index is 10.1. The normalized spacial score (nSPS) is 31.9. The number of aliphatic hydroxyl groups excluding tert-OH is 1. The molecule has 1 saturated carbocycles. The summed E-state index contributed by atoms with van der Waals surface area (Å²) >= 11 is 0. The average molecular weight is 197 g/mol. The Morgan fingerprint density at radius 3 is 2.57 bits per heavy atom.